The lowest BCUT2D eigenvalue weighted by atomic mass is 10.1. The smallest absolute Gasteiger partial charge is 0.317 e. The molecule has 0 unspecified atom stereocenters. The molecule has 1 aromatic rings. The van der Waals surface area contributed by atoms with E-state index in [1.807, 2.05) is 23.1 Å². The highest BCUT2D eigenvalue weighted by atomic mass is 16.6. The lowest BCUT2D eigenvalue weighted by Gasteiger charge is -2.22. The molecule has 1 aromatic carbocycles. The van der Waals surface area contributed by atoms with Crippen LogP contribution in [-0.2, 0) is 6.42 Å². The molecule has 5 nitrogen and oxygen atoms in total. The molecule has 0 radical (unpaired) electrons. The number of nitrogens with one attached hydrogen (secondary N) is 1. The van der Waals surface area contributed by atoms with E-state index < -0.39 is 0 Å². The minimum absolute atomic E-state index is 0.0289. The zero-order valence-electron chi connectivity index (χ0n) is 13.6. The molecule has 0 saturated carbocycles. The quantitative estimate of drug-likeness (QED) is 0.843. The van der Waals surface area contributed by atoms with Crippen LogP contribution in [-0.4, -0.2) is 43.8 Å². The summed E-state index contributed by atoms with van der Waals surface area (Å²) in [6.07, 6.45) is 2.75. The molecule has 2 amide bonds. The van der Waals surface area contributed by atoms with Crippen LogP contribution in [0.3, 0.4) is 0 Å². The number of benzene rings is 1. The summed E-state index contributed by atoms with van der Waals surface area (Å²) in [4.78, 5) is 14.0. The molecule has 1 heterocycles. The van der Waals surface area contributed by atoms with E-state index in [-0.39, 0.29) is 6.03 Å². The third-order valence-corrected chi connectivity index (χ3v) is 3.57. The van der Waals surface area contributed by atoms with Crippen LogP contribution in [0.2, 0.25) is 0 Å². The first-order chi connectivity index (χ1) is 10.7. The molecule has 1 aliphatic heterocycles. The minimum atomic E-state index is 0.0289. The van der Waals surface area contributed by atoms with E-state index in [0.29, 0.717) is 19.8 Å². The van der Waals surface area contributed by atoms with Gasteiger partial charge >= 0.3 is 6.03 Å². The molecule has 2 rings (SSSR count). The SMILES string of the molecule is CCCN(CCC)C(=O)NCCc1ccc2c(c1)OCCO2. The van der Waals surface area contributed by atoms with Gasteiger partial charge < -0.3 is 19.7 Å². The summed E-state index contributed by atoms with van der Waals surface area (Å²) in [6, 6.07) is 5.99. The first-order valence-electron chi connectivity index (χ1n) is 8.16. The molecule has 22 heavy (non-hydrogen) atoms. The Morgan fingerprint density at radius 1 is 1.14 bits per heavy atom. The van der Waals surface area contributed by atoms with Gasteiger partial charge in [-0.15, -0.1) is 0 Å². The van der Waals surface area contributed by atoms with Crippen molar-refractivity contribution in [1.29, 1.82) is 0 Å². The van der Waals surface area contributed by atoms with E-state index >= 15 is 0 Å². The van der Waals surface area contributed by atoms with Gasteiger partial charge in [0.25, 0.3) is 0 Å². The van der Waals surface area contributed by atoms with Gasteiger partial charge in [0, 0.05) is 19.6 Å². The van der Waals surface area contributed by atoms with Gasteiger partial charge in [0.15, 0.2) is 11.5 Å². The zero-order chi connectivity index (χ0) is 15.8. The van der Waals surface area contributed by atoms with Crippen molar-refractivity contribution in [2.45, 2.75) is 33.1 Å². The van der Waals surface area contributed by atoms with E-state index in [4.69, 9.17) is 9.47 Å². The van der Waals surface area contributed by atoms with E-state index in [1.165, 1.54) is 0 Å². The standard InChI is InChI=1S/C17H26N2O3/c1-3-9-19(10-4-2)17(20)18-8-7-14-5-6-15-16(13-14)22-12-11-21-15/h5-6,13H,3-4,7-12H2,1-2H3,(H,18,20). The average Bonchev–Trinajstić information content (AvgIpc) is 2.54. The maximum absolute atomic E-state index is 12.1. The molecule has 0 aromatic heterocycles. The van der Waals surface area contributed by atoms with Gasteiger partial charge in [-0.3, -0.25) is 0 Å². The van der Waals surface area contributed by atoms with E-state index in [2.05, 4.69) is 19.2 Å². The van der Waals surface area contributed by atoms with E-state index in [9.17, 15) is 4.79 Å². The van der Waals surface area contributed by atoms with Crippen molar-refractivity contribution < 1.29 is 14.3 Å². The number of carbonyl (C=O) groups excluding carboxylic acids is 1. The Morgan fingerprint density at radius 2 is 1.82 bits per heavy atom. The van der Waals surface area contributed by atoms with Crippen LogP contribution in [0.4, 0.5) is 4.79 Å². The summed E-state index contributed by atoms with van der Waals surface area (Å²) in [7, 11) is 0. The van der Waals surface area contributed by atoms with E-state index in [0.717, 1.165) is 49.4 Å². The highest BCUT2D eigenvalue weighted by Crippen LogP contribution is 2.30. The molecule has 0 atom stereocenters. The molecular formula is C17H26N2O3. The second kappa shape index (κ2) is 8.51. The Morgan fingerprint density at radius 3 is 2.50 bits per heavy atom. The molecule has 0 fully saturated rings. The van der Waals surface area contributed by atoms with Crippen molar-refractivity contribution in [3.05, 3.63) is 23.8 Å². The number of nitrogens with zero attached hydrogens (tertiary/aromatic N) is 1. The second-order valence-corrected chi connectivity index (χ2v) is 5.45. The predicted molar refractivity (Wildman–Crippen MR) is 86.7 cm³/mol. The molecule has 0 saturated heterocycles. The Labute approximate surface area is 132 Å². The van der Waals surface area contributed by atoms with Crippen LogP contribution >= 0.6 is 0 Å². The first-order valence-corrected chi connectivity index (χ1v) is 8.16. The van der Waals surface area contributed by atoms with Crippen molar-refractivity contribution >= 4 is 6.03 Å². The summed E-state index contributed by atoms with van der Waals surface area (Å²) in [6.45, 7) is 7.62. The Hall–Kier alpha value is -1.91. The maximum Gasteiger partial charge on any atom is 0.317 e. The summed E-state index contributed by atoms with van der Waals surface area (Å²) in [5.74, 6) is 1.60. The third-order valence-electron chi connectivity index (χ3n) is 3.57. The predicted octanol–water partition coefficient (Wildman–Crippen LogP) is 2.83. The maximum atomic E-state index is 12.1. The second-order valence-electron chi connectivity index (χ2n) is 5.45. The zero-order valence-corrected chi connectivity index (χ0v) is 13.6. The van der Waals surface area contributed by atoms with Gasteiger partial charge in [-0.1, -0.05) is 19.9 Å². The number of hydrogen-bond acceptors (Lipinski definition) is 3. The highest BCUT2D eigenvalue weighted by molar-refractivity contribution is 5.74. The Bertz CT molecular complexity index is 485. The van der Waals surface area contributed by atoms with Crippen molar-refractivity contribution in [1.82, 2.24) is 10.2 Å². The lowest BCUT2D eigenvalue weighted by molar-refractivity contribution is 0.171. The van der Waals surface area contributed by atoms with Crippen LogP contribution in [0.1, 0.15) is 32.3 Å². The van der Waals surface area contributed by atoms with Gasteiger partial charge in [-0.25, -0.2) is 4.79 Å². The van der Waals surface area contributed by atoms with Gasteiger partial charge in [-0.2, -0.15) is 0 Å². The fourth-order valence-electron chi connectivity index (χ4n) is 2.52. The Kier molecular flexibility index (Phi) is 6.37. The lowest BCUT2D eigenvalue weighted by Crippen LogP contribution is -2.41. The molecular weight excluding hydrogens is 280 g/mol. The fraction of sp³-hybridized carbons (Fsp3) is 0.588. The third kappa shape index (κ3) is 4.55. The monoisotopic (exact) mass is 306 g/mol. The van der Waals surface area contributed by atoms with Gasteiger partial charge in [-0.05, 0) is 37.0 Å². The molecule has 122 valence electrons. The van der Waals surface area contributed by atoms with Crippen LogP contribution in [0.25, 0.3) is 0 Å². The number of hydrogen-bond donors (Lipinski definition) is 1. The van der Waals surface area contributed by atoms with Crippen LogP contribution in [0.15, 0.2) is 18.2 Å². The van der Waals surface area contributed by atoms with E-state index in [1.54, 1.807) is 0 Å². The fourth-order valence-corrected chi connectivity index (χ4v) is 2.52. The van der Waals surface area contributed by atoms with Crippen molar-refractivity contribution in [2.24, 2.45) is 0 Å². The van der Waals surface area contributed by atoms with Crippen molar-refractivity contribution in [3.8, 4) is 11.5 Å². The average molecular weight is 306 g/mol. The topological polar surface area (TPSA) is 50.8 Å². The van der Waals surface area contributed by atoms with Gasteiger partial charge in [0.1, 0.15) is 13.2 Å². The van der Waals surface area contributed by atoms with Gasteiger partial charge in [0.05, 0.1) is 0 Å². The Balaban J connectivity index is 1.81. The highest BCUT2D eigenvalue weighted by Gasteiger charge is 2.13. The number of carbonyl (C=O) groups is 1. The van der Waals surface area contributed by atoms with Gasteiger partial charge in [0.2, 0.25) is 0 Å². The van der Waals surface area contributed by atoms with Crippen molar-refractivity contribution in [3.63, 3.8) is 0 Å². The normalized spacial score (nSPS) is 12.8. The number of rotatable bonds is 7. The first kappa shape index (κ1) is 16.5. The van der Waals surface area contributed by atoms with Crippen molar-refractivity contribution in [2.75, 3.05) is 32.8 Å². The number of ether oxygens (including phenoxy) is 2. The minimum Gasteiger partial charge on any atom is -0.486 e. The number of amides is 2. The molecule has 0 aliphatic carbocycles. The summed E-state index contributed by atoms with van der Waals surface area (Å²) >= 11 is 0. The molecule has 1 aliphatic rings. The number of urea groups is 1. The molecule has 1 N–H and O–H groups in total. The largest absolute Gasteiger partial charge is 0.486 e. The molecule has 5 heteroatoms. The van der Waals surface area contributed by atoms with Crippen LogP contribution in [0, 0.1) is 0 Å². The summed E-state index contributed by atoms with van der Waals surface area (Å²) < 4.78 is 11.1. The summed E-state index contributed by atoms with van der Waals surface area (Å²) in [5, 5.41) is 3.00. The van der Waals surface area contributed by atoms with Crippen LogP contribution in [0.5, 0.6) is 11.5 Å². The van der Waals surface area contributed by atoms with Crippen LogP contribution < -0.4 is 14.8 Å². The number of fused-ring (bicyclic) bond motifs is 1. The molecule has 0 bridgehead atoms. The summed E-state index contributed by atoms with van der Waals surface area (Å²) in [5.41, 5.74) is 1.14. The molecule has 0 spiro atoms.